The highest BCUT2D eigenvalue weighted by Crippen LogP contribution is 2.32. The van der Waals surface area contributed by atoms with Crippen LogP contribution in [-0.2, 0) is 4.79 Å². The highest BCUT2D eigenvalue weighted by molar-refractivity contribution is 6.05. The van der Waals surface area contributed by atoms with Crippen LogP contribution in [0.4, 0.5) is 5.69 Å². The Morgan fingerprint density at radius 2 is 1.92 bits per heavy atom. The molecule has 0 saturated carbocycles. The lowest BCUT2D eigenvalue weighted by molar-refractivity contribution is -0.113. The third-order valence-corrected chi connectivity index (χ3v) is 2.57. The second-order valence-electron chi connectivity index (χ2n) is 3.17. The predicted molar refractivity (Wildman–Crippen MR) is 48.7 cm³/mol. The van der Waals surface area contributed by atoms with Gasteiger partial charge in [0.25, 0.3) is 0 Å². The molecule has 0 radical (unpaired) electrons. The summed E-state index contributed by atoms with van der Waals surface area (Å²) >= 11 is 0. The molecule has 1 aliphatic heterocycles. The van der Waals surface area contributed by atoms with Crippen LogP contribution in [0.2, 0.25) is 0 Å². The number of hydrogen-bond donors (Lipinski definition) is 0. The Morgan fingerprint density at radius 3 is 2.33 bits per heavy atom. The molecular weight excluding hydrogens is 150 g/mol. The van der Waals surface area contributed by atoms with Gasteiger partial charge in [-0.25, -0.2) is 9.28 Å². The van der Waals surface area contributed by atoms with Crippen molar-refractivity contribution >= 4 is 11.6 Å². The van der Waals surface area contributed by atoms with Gasteiger partial charge in [-0.3, -0.25) is 0 Å². The molecule has 0 bridgehead atoms. The van der Waals surface area contributed by atoms with Crippen molar-refractivity contribution in [1.29, 1.82) is 0 Å². The number of amides is 1. The van der Waals surface area contributed by atoms with E-state index in [2.05, 4.69) is 6.92 Å². The van der Waals surface area contributed by atoms with Crippen molar-refractivity contribution in [2.24, 2.45) is 0 Å². The van der Waals surface area contributed by atoms with Crippen LogP contribution in [0.25, 0.3) is 0 Å². The number of likely N-dealkylation sites (N-methyl/N-ethyl adjacent to an activating group) is 1. The minimum atomic E-state index is 0.337. The average Bonchev–Trinajstić information content (AvgIpc) is 2.80. The quantitative estimate of drug-likeness (QED) is 0.476. The Labute approximate surface area is 72.0 Å². The molecule has 0 spiro atoms. The molecule has 1 fully saturated rings. The summed E-state index contributed by atoms with van der Waals surface area (Å²) in [5.41, 5.74) is 1.13. The van der Waals surface area contributed by atoms with Crippen LogP contribution < -0.4 is 4.48 Å². The number of carbonyl (C=O) groups excluding carboxylic acids is 1. The molecule has 12 heavy (non-hydrogen) atoms. The van der Waals surface area contributed by atoms with Gasteiger partial charge < -0.3 is 0 Å². The summed E-state index contributed by atoms with van der Waals surface area (Å²) in [6, 6.07) is 9.99. The second kappa shape index (κ2) is 2.42. The van der Waals surface area contributed by atoms with E-state index in [0.717, 1.165) is 12.2 Å². The van der Waals surface area contributed by atoms with Gasteiger partial charge >= 0.3 is 5.91 Å². The molecule has 1 unspecified atom stereocenters. The summed E-state index contributed by atoms with van der Waals surface area (Å²) < 4.78 is 0.556. The van der Waals surface area contributed by atoms with Gasteiger partial charge in [0.1, 0.15) is 5.69 Å². The molecule has 1 heterocycles. The van der Waals surface area contributed by atoms with Crippen LogP contribution in [0.15, 0.2) is 30.3 Å². The summed E-state index contributed by atoms with van der Waals surface area (Å²) in [5, 5.41) is 0. The van der Waals surface area contributed by atoms with Gasteiger partial charge in [-0.2, -0.15) is 0 Å². The van der Waals surface area contributed by atoms with Crippen molar-refractivity contribution < 1.29 is 4.79 Å². The maximum absolute atomic E-state index is 11.2. The first-order valence-corrected chi connectivity index (χ1v) is 4.26. The van der Waals surface area contributed by atoms with Crippen molar-refractivity contribution in [3.8, 4) is 0 Å². The topological polar surface area (TPSA) is 17.1 Å². The van der Waals surface area contributed by atoms with E-state index in [9.17, 15) is 4.79 Å². The molecule has 2 nitrogen and oxygen atoms in total. The largest absolute Gasteiger partial charge is 0.374 e. The lowest BCUT2D eigenvalue weighted by Gasteiger charge is -2.11. The minimum absolute atomic E-state index is 0.337. The maximum atomic E-state index is 11.2. The fourth-order valence-electron chi connectivity index (χ4n) is 1.61. The van der Waals surface area contributed by atoms with Crippen LogP contribution >= 0.6 is 0 Å². The summed E-state index contributed by atoms with van der Waals surface area (Å²) in [5.74, 6) is 0.337. The minimum Gasteiger partial charge on any atom is -0.224 e. The normalized spacial score (nSPS) is 27.2. The lowest BCUT2D eigenvalue weighted by Crippen LogP contribution is -2.26. The third-order valence-electron chi connectivity index (χ3n) is 2.57. The number of para-hydroxylation sites is 1. The van der Waals surface area contributed by atoms with Crippen LogP contribution in [0, 0.1) is 0 Å². The van der Waals surface area contributed by atoms with Gasteiger partial charge in [-0.05, 0) is 19.1 Å². The molecule has 1 saturated heterocycles. The monoisotopic (exact) mass is 162 g/mol. The summed E-state index contributed by atoms with van der Waals surface area (Å²) in [7, 11) is 0. The Balaban J connectivity index is 2.37. The Morgan fingerprint density at radius 1 is 1.33 bits per heavy atom. The van der Waals surface area contributed by atoms with Crippen molar-refractivity contribution in [3.63, 3.8) is 0 Å². The molecule has 0 aromatic heterocycles. The van der Waals surface area contributed by atoms with Crippen LogP contribution in [0.5, 0.6) is 0 Å². The van der Waals surface area contributed by atoms with Crippen LogP contribution in [0.3, 0.4) is 0 Å². The van der Waals surface area contributed by atoms with E-state index >= 15 is 0 Å². The molecule has 2 rings (SSSR count). The fraction of sp³-hybridized carbons (Fsp3) is 0.300. The van der Waals surface area contributed by atoms with Gasteiger partial charge in [-0.15, -0.1) is 0 Å². The highest BCUT2D eigenvalue weighted by Gasteiger charge is 2.55. The fourth-order valence-corrected chi connectivity index (χ4v) is 1.61. The number of rotatable bonds is 2. The van der Waals surface area contributed by atoms with Gasteiger partial charge in [0.15, 0.2) is 0 Å². The summed E-state index contributed by atoms with van der Waals surface area (Å²) in [4.78, 5) is 11.2. The average molecular weight is 162 g/mol. The summed E-state index contributed by atoms with van der Waals surface area (Å²) in [6.07, 6.45) is 0. The van der Waals surface area contributed by atoms with E-state index < -0.39 is 0 Å². The Hall–Kier alpha value is -1.15. The van der Waals surface area contributed by atoms with Crippen molar-refractivity contribution in [1.82, 2.24) is 4.48 Å². The SMILES string of the molecule is CC[N+]1(c2ccccc2)CC1=O. The Kier molecular flexibility index (Phi) is 1.51. The molecule has 1 aromatic carbocycles. The van der Waals surface area contributed by atoms with E-state index in [4.69, 9.17) is 0 Å². The smallest absolute Gasteiger partial charge is 0.224 e. The van der Waals surface area contributed by atoms with Crippen molar-refractivity contribution in [2.45, 2.75) is 6.92 Å². The standard InChI is InChI=1S/C10H12NO/c1-2-11(8-10(11)12)9-6-4-3-5-7-9/h3-7H,2,8H2,1H3/q+1. The number of nitrogens with zero attached hydrogens (tertiary/aromatic N) is 1. The zero-order valence-corrected chi connectivity index (χ0v) is 7.16. The first-order chi connectivity index (χ1) is 5.79. The van der Waals surface area contributed by atoms with Gasteiger partial charge in [0.05, 0.1) is 6.54 Å². The number of benzene rings is 1. The molecule has 0 aliphatic carbocycles. The van der Waals surface area contributed by atoms with Crippen molar-refractivity contribution in [3.05, 3.63) is 30.3 Å². The van der Waals surface area contributed by atoms with Crippen LogP contribution in [-0.4, -0.2) is 19.0 Å². The summed E-state index contributed by atoms with van der Waals surface area (Å²) in [6.45, 7) is 3.61. The van der Waals surface area contributed by atoms with Gasteiger partial charge in [0.2, 0.25) is 6.54 Å². The molecule has 62 valence electrons. The zero-order chi connectivity index (χ0) is 8.60. The lowest BCUT2D eigenvalue weighted by atomic mass is 10.3. The molecule has 1 amide bonds. The zero-order valence-electron chi connectivity index (χ0n) is 7.16. The molecule has 1 aliphatic rings. The molecule has 1 aromatic rings. The molecule has 2 heteroatoms. The van der Waals surface area contributed by atoms with Crippen LogP contribution in [0.1, 0.15) is 6.92 Å². The number of hydrogen-bond acceptors (Lipinski definition) is 1. The van der Waals surface area contributed by atoms with E-state index in [1.807, 2.05) is 30.3 Å². The molecule has 1 atom stereocenters. The van der Waals surface area contributed by atoms with Gasteiger partial charge in [0, 0.05) is 0 Å². The number of carbonyl (C=O) groups is 1. The first-order valence-electron chi connectivity index (χ1n) is 4.26. The first kappa shape index (κ1) is 7.50. The predicted octanol–water partition coefficient (Wildman–Crippen LogP) is 1.55. The second-order valence-corrected chi connectivity index (χ2v) is 3.17. The van der Waals surface area contributed by atoms with E-state index in [-0.39, 0.29) is 0 Å². The molecular formula is C10H12NO+. The van der Waals surface area contributed by atoms with E-state index in [1.165, 1.54) is 0 Å². The van der Waals surface area contributed by atoms with Gasteiger partial charge in [-0.1, -0.05) is 18.2 Å². The molecule has 0 N–H and O–H groups in total. The maximum Gasteiger partial charge on any atom is 0.374 e. The van der Waals surface area contributed by atoms with Crippen molar-refractivity contribution in [2.75, 3.05) is 13.1 Å². The number of quaternary nitrogens is 1. The third kappa shape index (κ3) is 0.883. The Bertz CT molecular complexity index is 307. The van der Waals surface area contributed by atoms with E-state index in [0.29, 0.717) is 16.9 Å². The highest BCUT2D eigenvalue weighted by atomic mass is 16.2. The van der Waals surface area contributed by atoms with E-state index in [1.54, 1.807) is 0 Å².